The molecule has 0 bridgehead atoms. The fourth-order valence-corrected chi connectivity index (χ4v) is 2.63. The lowest BCUT2D eigenvalue weighted by molar-refractivity contribution is -0.141. The first kappa shape index (κ1) is 19.3. The van der Waals surface area contributed by atoms with E-state index in [1.165, 1.54) is 14.2 Å². The second kappa shape index (κ2) is 8.89. The first-order chi connectivity index (χ1) is 12.4. The van der Waals surface area contributed by atoms with E-state index in [0.717, 1.165) is 11.1 Å². The van der Waals surface area contributed by atoms with Crippen molar-refractivity contribution in [3.05, 3.63) is 59.2 Å². The Balaban J connectivity index is 2.06. The van der Waals surface area contributed by atoms with Crippen LogP contribution in [0.15, 0.2) is 42.5 Å². The summed E-state index contributed by atoms with van der Waals surface area (Å²) in [4.78, 5) is 23.9. The third-order valence-electron chi connectivity index (χ3n) is 4.04. The van der Waals surface area contributed by atoms with Gasteiger partial charge in [0, 0.05) is 18.2 Å². The van der Waals surface area contributed by atoms with Gasteiger partial charge in [-0.1, -0.05) is 29.8 Å². The summed E-state index contributed by atoms with van der Waals surface area (Å²) < 4.78 is 10.3. The standard InChI is InChI=1S/C20H23NO5/c1-13-5-4-6-14(7-13)8-16(20(23)24)12-21-19(22)15-9-17(25-2)11-18(10-15)26-3/h4-7,9-11,16H,8,12H2,1-3H3,(H,21,22)(H,23,24). The Morgan fingerprint density at radius 1 is 1.08 bits per heavy atom. The van der Waals surface area contributed by atoms with Crippen LogP contribution in [0.5, 0.6) is 11.5 Å². The van der Waals surface area contributed by atoms with Gasteiger partial charge in [0.15, 0.2) is 0 Å². The number of nitrogens with one attached hydrogen (secondary N) is 1. The summed E-state index contributed by atoms with van der Waals surface area (Å²) in [5.74, 6) is -1.06. The highest BCUT2D eigenvalue weighted by Gasteiger charge is 2.20. The second-order valence-corrected chi connectivity index (χ2v) is 6.04. The number of rotatable bonds is 8. The molecule has 2 aromatic rings. The fraction of sp³-hybridized carbons (Fsp3) is 0.300. The summed E-state index contributed by atoms with van der Waals surface area (Å²) in [5.41, 5.74) is 2.34. The first-order valence-corrected chi connectivity index (χ1v) is 8.22. The Morgan fingerprint density at radius 3 is 2.27 bits per heavy atom. The number of methoxy groups -OCH3 is 2. The van der Waals surface area contributed by atoms with Crippen molar-refractivity contribution in [2.75, 3.05) is 20.8 Å². The molecule has 1 atom stereocenters. The molecule has 1 unspecified atom stereocenters. The summed E-state index contributed by atoms with van der Waals surface area (Å²) in [7, 11) is 3.00. The molecule has 26 heavy (non-hydrogen) atoms. The summed E-state index contributed by atoms with van der Waals surface area (Å²) >= 11 is 0. The largest absolute Gasteiger partial charge is 0.497 e. The average molecular weight is 357 g/mol. The van der Waals surface area contributed by atoms with E-state index in [0.29, 0.717) is 23.5 Å². The predicted molar refractivity (Wildman–Crippen MR) is 97.9 cm³/mol. The lowest BCUT2D eigenvalue weighted by atomic mass is 9.98. The van der Waals surface area contributed by atoms with E-state index in [-0.39, 0.29) is 12.5 Å². The van der Waals surface area contributed by atoms with Gasteiger partial charge in [0.1, 0.15) is 11.5 Å². The molecule has 2 rings (SSSR count). The normalized spacial score (nSPS) is 11.5. The molecular weight excluding hydrogens is 334 g/mol. The van der Waals surface area contributed by atoms with Crippen molar-refractivity contribution in [1.82, 2.24) is 5.32 Å². The molecule has 0 aliphatic heterocycles. The lowest BCUT2D eigenvalue weighted by Crippen LogP contribution is -2.34. The van der Waals surface area contributed by atoms with Crippen molar-refractivity contribution in [3.8, 4) is 11.5 Å². The smallest absolute Gasteiger partial charge is 0.308 e. The summed E-state index contributed by atoms with van der Waals surface area (Å²) in [6.45, 7) is 1.98. The van der Waals surface area contributed by atoms with E-state index >= 15 is 0 Å². The molecule has 1 amide bonds. The molecule has 0 heterocycles. The number of carboxylic acid groups (broad SMARTS) is 1. The van der Waals surface area contributed by atoms with E-state index < -0.39 is 11.9 Å². The molecule has 0 fully saturated rings. The third kappa shape index (κ3) is 5.24. The second-order valence-electron chi connectivity index (χ2n) is 6.04. The minimum atomic E-state index is -0.949. The van der Waals surface area contributed by atoms with Crippen molar-refractivity contribution in [3.63, 3.8) is 0 Å². The number of amides is 1. The maximum absolute atomic E-state index is 12.4. The van der Waals surface area contributed by atoms with Crippen molar-refractivity contribution >= 4 is 11.9 Å². The quantitative estimate of drug-likeness (QED) is 0.759. The van der Waals surface area contributed by atoms with Crippen LogP contribution in [0.3, 0.4) is 0 Å². The van der Waals surface area contributed by atoms with Gasteiger partial charge in [-0.25, -0.2) is 0 Å². The topological polar surface area (TPSA) is 84.9 Å². The average Bonchev–Trinajstić information content (AvgIpc) is 2.64. The van der Waals surface area contributed by atoms with Crippen LogP contribution in [0.4, 0.5) is 0 Å². The van der Waals surface area contributed by atoms with Crippen LogP contribution in [0.1, 0.15) is 21.5 Å². The number of carbonyl (C=O) groups excluding carboxylic acids is 1. The van der Waals surface area contributed by atoms with Gasteiger partial charge < -0.3 is 19.9 Å². The number of benzene rings is 2. The van der Waals surface area contributed by atoms with Gasteiger partial charge in [-0.15, -0.1) is 0 Å². The van der Waals surface area contributed by atoms with E-state index in [1.54, 1.807) is 18.2 Å². The lowest BCUT2D eigenvalue weighted by Gasteiger charge is -2.14. The van der Waals surface area contributed by atoms with Crippen LogP contribution in [0.2, 0.25) is 0 Å². The Labute approximate surface area is 152 Å². The molecule has 0 radical (unpaired) electrons. The summed E-state index contributed by atoms with van der Waals surface area (Å²) in [5, 5.41) is 12.1. The van der Waals surface area contributed by atoms with E-state index in [1.807, 2.05) is 31.2 Å². The predicted octanol–water partition coefficient (Wildman–Crippen LogP) is 2.69. The Morgan fingerprint density at radius 2 is 1.73 bits per heavy atom. The van der Waals surface area contributed by atoms with Gasteiger partial charge in [0.2, 0.25) is 0 Å². The van der Waals surface area contributed by atoms with Crippen molar-refractivity contribution < 1.29 is 24.2 Å². The molecule has 0 saturated carbocycles. The highest BCUT2D eigenvalue weighted by Crippen LogP contribution is 2.22. The first-order valence-electron chi connectivity index (χ1n) is 8.22. The van der Waals surface area contributed by atoms with Crippen LogP contribution in [-0.2, 0) is 11.2 Å². The van der Waals surface area contributed by atoms with Crippen LogP contribution in [0, 0.1) is 12.8 Å². The zero-order valence-corrected chi connectivity index (χ0v) is 15.1. The zero-order chi connectivity index (χ0) is 19.1. The number of carbonyl (C=O) groups is 2. The van der Waals surface area contributed by atoms with Gasteiger partial charge in [-0.05, 0) is 31.0 Å². The third-order valence-corrected chi connectivity index (χ3v) is 4.04. The molecule has 0 aliphatic carbocycles. The molecular formula is C20H23NO5. The van der Waals surface area contributed by atoms with E-state index in [9.17, 15) is 14.7 Å². The maximum Gasteiger partial charge on any atom is 0.308 e. The molecule has 2 aromatic carbocycles. The van der Waals surface area contributed by atoms with Gasteiger partial charge in [0.05, 0.1) is 20.1 Å². The Bertz CT molecular complexity index is 765. The maximum atomic E-state index is 12.4. The van der Waals surface area contributed by atoms with Gasteiger partial charge in [-0.2, -0.15) is 0 Å². The van der Waals surface area contributed by atoms with Crippen LogP contribution in [0.25, 0.3) is 0 Å². The molecule has 138 valence electrons. The number of carboxylic acids is 1. The molecule has 6 nitrogen and oxygen atoms in total. The SMILES string of the molecule is COc1cc(OC)cc(C(=O)NCC(Cc2cccc(C)c2)C(=O)O)c1. The van der Waals surface area contributed by atoms with Gasteiger partial charge in [-0.3, -0.25) is 9.59 Å². The molecule has 0 aromatic heterocycles. The molecule has 0 aliphatic rings. The van der Waals surface area contributed by atoms with Crippen LogP contribution < -0.4 is 14.8 Å². The van der Waals surface area contributed by atoms with Crippen LogP contribution in [-0.4, -0.2) is 37.7 Å². The molecule has 6 heteroatoms. The highest BCUT2D eigenvalue weighted by molar-refractivity contribution is 5.95. The molecule has 2 N–H and O–H groups in total. The monoisotopic (exact) mass is 357 g/mol. The van der Waals surface area contributed by atoms with Gasteiger partial charge in [0.25, 0.3) is 5.91 Å². The minimum absolute atomic E-state index is 0.0294. The number of ether oxygens (including phenoxy) is 2. The number of aliphatic carboxylic acids is 1. The summed E-state index contributed by atoms with van der Waals surface area (Å²) in [6.07, 6.45) is 0.346. The van der Waals surface area contributed by atoms with E-state index in [2.05, 4.69) is 5.32 Å². The Hall–Kier alpha value is -3.02. The van der Waals surface area contributed by atoms with Crippen molar-refractivity contribution in [2.24, 2.45) is 5.92 Å². The van der Waals surface area contributed by atoms with E-state index in [4.69, 9.17) is 9.47 Å². The van der Waals surface area contributed by atoms with Gasteiger partial charge >= 0.3 is 5.97 Å². The Kier molecular flexibility index (Phi) is 6.60. The zero-order valence-electron chi connectivity index (χ0n) is 15.1. The molecule has 0 spiro atoms. The van der Waals surface area contributed by atoms with Crippen LogP contribution >= 0.6 is 0 Å². The number of hydrogen-bond donors (Lipinski definition) is 2. The van der Waals surface area contributed by atoms with Crippen molar-refractivity contribution in [2.45, 2.75) is 13.3 Å². The number of hydrogen-bond acceptors (Lipinski definition) is 4. The minimum Gasteiger partial charge on any atom is -0.497 e. The fourth-order valence-electron chi connectivity index (χ4n) is 2.63. The highest BCUT2D eigenvalue weighted by atomic mass is 16.5. The molecule has 0 saturated heterocycles. The summed E-state index contributed by atoms with van der Waals surface area (Å²) in [6, 6.07) is 12.5. The number of aryl methyl sites for hydroxylation is 1. The van der Waals surface area contributed by atoms with Crippen molar-refractivity contribution in [1.29, 1.82) is 0 Å².